The third-order valence-corrected chi connectivity index (χ3v) is 1.98. The summed E-state index contributed by atoms with van der Waals surface area (Å²) in [6.45, 7) is 0.0736. The van der Waals surface area contributed by atoms with E-state index in [9.17, 15) is 13.2 Å². The highest BCUT2D eigenvalue weighted by Gasteiger charge is 2.31. The summed E-state index contributed by atoms with van der Waals surface area (Å²) >= 11 is 0. The lowest BCUT2D eigenvalue weighted by molar-refractivity contribution is -0.274. The number of hydrogen-bond donors (Lipinski definition) is 3. The van der Waals surface area contributed by atoms with Gasteiger partial charge >= 0.3 is 6.36 Å². The molecule has 0 radical (unpaired) electrons. The maximum absolute atomic E-state index is 12.0. The van der Waals surface area contributed by atoms with Crippen molar-refractivity contribution in [2.75, 3.05) is 0 Å². The topological polar surface area (TPSA) is 70.2 Å². The van der Waals surface area contributed by atoms with Gasteiger partial charge in [0.15, 0.2) is 0 Å². The number of halogens is 3. The molecular weight excluding hydrogens is 239 g/mol. The second kappa shape index (κ2) is 4.22. The van der Waals surface area contributed by atoms with Crippen molar-refractivity contribution in [2.45, 2.75) is 12.9 Å². The van der Waals surface area contributed by atoms with Crippen LogP contribution >= 0.6 is 0 Å². The van der Waals surface area contributed by atoms with Gasteiger partial charge in [-0.05, 0) is 12.1 Å². The van der Waals surface area contributed by atoms with Crippen molar-refractivity contribution < 1.29 is 23.1 Å². The maximum Gasteiger partial charge on any atom is 0.573 e. The number of imidazole rings is 1. The Morgan fingerprint density at radius 1 is 1.41 bits per heavy atom. The van der Waals surface area contributed by atoms with Gasteiger partial charge < -0.3 is 14.9 Å². The van der Waals surface area contributed by atoms with Crippen LogP contribution in [-0.2, 0) is 6.54 Å². The third-order valence-electron chi connectivity index (χ3n) is 1.98. The summed E-state index contributed by atoms with van der Waals surface area (Å²) in [5, 5.41) is 8.47. The van der Waals surface area contributed by atoms with Gasteiger partial charge in [-0.2, -0.15) is 5.48 Å². The Labute approximate surface area is 93.2 Å². The fraction of sp³-hybridized carbons (Fsp3) is 0.222. The SMILES string of the molecule is ONCc1nc2ccc(OC(F)(F)F)cc2[nH]1. The zero-order valence-electron chi connectivity index (χ0n) is 8.38. The lowest BCUT2D eigenvalue weighted by atomic mass is 10.3. The van der Waals surface area contributed by atoms with Gasteiger partial charge in [0.1, 0.15) is 11.6 Å². The molecule has 0 fully saturated rings. The normalized spacial score (nSPS) is 12.0. The minimum absolute atomic E-state index is 0.0736. The van der Waals surface area contributed by atoms with E-state index < -0.39 is 6.36 Å². The molecule has 0 bridgehead atoms. The van der Waals surface area contributed by atoms with Crippen molar-refractivity contribution >= 4 is 11.0 Å². The van der Waals surface area contributed by atoms with Crippen molar-refractivity contribution in [2.24, 2.45) is 0 Å². The van der Waals surface area contributed by atoms with Gasteiger partial charge in [0.25, 0.3) is 0 Å². The van der Waals surface area contributed by atoms with E-state index in [1.54, 1.807) is 0 Å². The number of aromatic nitrogens is 2. The molecule has 0 aliphatic rings. The monoisotopic (exact) mass is 247 g/mol. The molecule has 1 heterocycles. The highest BCUT2D eigenvalue weighted by Crippen LogP contribution is 2.25. The fourth-order valence-corrected chi connectivity index (χ4v) is 1.40. The van der Waals surface area contributed by atoms with Crippen LogP contribution in [0.3, 0.4) is 0 Å². The molecule has 2 rings (SSSR count). The lowest BCUT2D eigenvalue weighted by Gasteiger charge is -2.07. The van der Waals surface area contributed by atoms with E-state index >= 15 is 0 Å². The Kier molecular flexibility index (Phi) is 2.90. The second-order valence-electron chi connectivity index (χ2n) is 3.25. The summed E-state index contributed by atoms with van der Waals surface area (Å²) in [5.41, 5.74) is 2.78. The molecule has 0 saturated heterocycles. The fourth-order valence-electron chi connectivity index (χ4n) is 1.40. The summed E-state index contributed by atoms with van der Waals surface area (Å²) in [6.07, 6.45) is -4.72. The second-order valence-corrected chi connectivity index (χ2v) is 3.25. The summed E-state index contributed by atoms with van der Waals surface area (Å²) in [7, 11) is 0. The van der Waals surface area contributed by atoms with Crippen molar-refractivity contribution in [3.05, 3.63) is 24.0 Å². The van der Waals surface area contributed by atoms with Gasteiger partial charge in [-0.25, -0.2) is 4.98 Å². The first-order valence-corrected chi connectivity index (χ1v) is 4.59. The molecule has 0 aliphatic carbocycles. The Morgan fingerprint density at radius 3 is 2.82 bits per heavy atom. The lowest BCUT2D eigenvalue weighted by Crippen LogP contribution is -2.16. The average molecular weight is 247 g/mol. The van der Waals surface area contributed by atoms with Crippen molar-refractivity contribution in [3.63, 3.8) is 0 Å². The molecule has 5 nitrogen and oxygen atoms in total. The first-order valence-electron chi connectivity index (χ1n) is 4.59. The molecule has 1 aromatic carbocycles. The van der Waals surface area contributed by atoms with Crippen LogP contribution in [0.2, 0.25) is 0 Å². The molecule has 0 atom stereocenters. The van der Waals surface area contributed by atoms with Crippen LogP contribution in [0.5, 0.6) is 5.75 Å². The molecule has 8 heteroatoms. The molecule has 2 aromatic rings. The van der Waals surface area contributed by atoms with Crippen LogP contribution in [0.25, 0.3) is 11.0 Å². The molecule has 0 amide bonds. The molecule has 0 aliphatic heterocycles. The number of H-pyrrole nitrogens is 1. The predicted octanol–water partition coefficient (Wildman–Crippen LogP) is 1.94. The molecule has 0 unspecified atom stereocenters. The highest BCUT2D eigenvalue weighted by molar-refractivity contribution is 5.76. The number of rotatable bonds is 3. The summed E-state index contributed by atoms with van der Waals surface area (Å²) in [4.78, 5) is 6.77. The number of benzene rings is 1. The molecule has 17 heavy (non-hydrogen) atoms. The van der Waals surface area contributed by atoms with E-state index in [1.165, 1.54) is 18.2 Å². The molecule has 0 spiro atoms. The van der Waals surface area contributed by atoms with Gasteiger partial charge in [-0.3, -0.25) is 0 Å². The van der Waals surface area contributed by atoms with E-state index in [0.717, 1.165) is 0 Å². The zero-order chi connectivity index (χ0) is 12.5. The third kappa shape index (κ3) is 2.86. The maximum atomic E-state index is 12.0. The Bertz CT molecular complexity index is 524. The van der Waals surface area contributed by atoms with Gasteiger partial charge in [0.2, 0.25) is 0 Å². The molecule has 1 aromatic heterocycles. The van der Waals surface area contributed by atoms with Crippen LogP contribution in [0.15, 0.2) is 18.2 Å². The number of nitrogens with one attached hydrogen (secondary N) is 2. The minimum atomic E-state index is -4.72. The summed E-state index contributed by atoms with van der Waals surface area (Å²) in [5.74, 6) is 0.0869. The Balaban J connectivity index is 2.30. The first kappa shape index (κ1) is 11.7. The average Bonchev–Trinajstić information content (AvgIpc) is 2.57. The highest BCUT2D eigenvalue weighted by atomic mass is 19.4. The quantitative estimate of drug-likeness (QED) is 0.725. The van der Waals surface area contributed by atoms with Gasteiger partial charge in [0.05, 0.1) is 17.6 Å². The van der Waals surface area contributed by atoms with Crippen molar-refractivity contribution in [3.8, 4) is 5.75 Å². The molecular formula is C9H8F3N3O2. The van der Waals surface area contributed by atoms with Crippen molar-refractivity contribution in [1.29, 1.82) is 0 Å². The Morgan fingerprint density at radius 2 is 2.18 bits per heavy atom. The largest absolute Gasteiger partial charge is 0.573 e. The zero-order valence-corrected chi connectivity index (χ0v) is 8.38. The van der Waals surface area contributed by atoms with E-state index in [1.807, 2.05) is 5.48 Å². The molecule has 92 valence electrons. The summed E-state index contributed by atoms with van der Waals surface area (Å²) < 4.78 is 39.7. The standard InChI is InChI=1S/C9H8F3N3O2/c10-9(11,12)17-5-1-2-6-7(3-5)15-8(14-6)4-13-16/h1-3,13,16H,4H2,(H,14,15). The van der Waals surface area contributed by atoms with Crippen LogP contribution < -0.4 is 10.2 Å². The van der Waals surface area contributed by atoms with Crippen LogP contribution in [0.4, 0.5) is 13.2 Å². The van der Waals surface area contributed by atoms with E-state index in [2.05, 4.69) is 14.7 Å². The molecule has 0 saturated carbocycles. The van der Waals surface area contributed by atoms with Crippen LogP contribution in [0.1, 0.15) is 5.82 Å². The minimum Gasteiger partial charge on any atom is -0.406 e. The number of aromatic amines is 1. The van der Waals surface area contributed by atoms with E-state index in [0.29, 0.717) is 16.9 Å². The number of hydrogen-bond acceptors (Lipinski definition) is 4. The van der Waals surface area contributed by atoms with Crippen molar-refractivity contribution in [1.82, 2.24) is 15.4 Å². The first-order chi connectivity index (χ1) is 7.98. The number of hydroxylamine groups is 1. The van der Waals surface area contributed by atoms with E-state index in [-0.39, 0.29) is 12.3 Å². The number of ether oxygens (including phenoxy) is 1. The smallest absolute Gasteiger partial charge is 0.406 e. The van der Waals surface area contributed by atoms with Crippen LogP contribution in [0, 0.1) is 0 Å². The number of alkyl halides is 3. The molecule has 3 N–H and O–H groups in total. The number of fused-ring (bicyclic) bond motifs is 1. The van der Waals surface area contributed by atoms with Crippen LogP contribution in [-0.4, -0.2) is 21.5 Å². The van der Waals surface area contributed by atoms with E-state index in [4.69, 9.17) is 5.21 Å². The van der Waals surface area contributed by atoms with Gasteiger partial charge in [0, 0.05) is 6.07 Å². The van der Waals surface area contributed by atoms with Gasteiger partial charge in [-0.15, -0.1) is 13.2 Å². The summed E-state index contributed by atoms with van der Waals surface area (Å²) in [6, 6.07) is 3.76. The Hall–Kier alpha value is -1.80. The predicted molar refractivity (Wildman–Crippen MR) is 51.4 cm³/mol. The number of nitrogens with zero attached hydrogens (tertiary/aromatic N) is 1. The van der Waals surface area contributed by atoms with Gasteiger partial charge in [-0.1, -0.05) is 0 Å².